The molecule has 4 heteroatoms. The van der Waals surface area contributed by atoms with E-state index in [4.69, 9.17) is 4.74 Å². The predicted molar refractivity (Wildman–Crippen MR) is 75.8 cm³/mol. The van der Waals surface area contributed by atoms with Gasteiger partial charge in [-0.3, -0.25) is 4.79 Å². The third-order valence-corrected chi connectivity index (χ3v) is 4.29. The number of fused-ring (bicyclic) bond motifs is 1. The maximum atomic E-state index is 12.6. The average molecular weight is 275 g/mol. The number of ether oxygens (including phenoxy) is 1. The van der Waals surface area contributed by atoms with Crippen LogP contribution in [0, 0.1) is 0 Å². The van der Waals surface area contributed by atoms with Gasteiger partial charge in [-0.05, 0) is 48.9 Å². The topological polar surface area (TPSA) is 49.8 Å². The first-order valence-corrected chi connectivity index (χ1v) is 7.41. The molecule has 0 bridgehead atoms. The molecule has 20 heavy (non-hydrogen) atoms. The largest absolute Gasteiger partial charge is 0.394 e. The molecule has 1 fully saturated rings. The molecule has 1 aliphatic carbocycles. The maximum absolute atomic E-state index is 12.6. The highest BCUT2D eigenvalue weighted by molar-refractivity contribution is 5.94. The molecule has 1 aromatic rings. The van der Waals surface area contributed by atoms with E-state index in [1.165, 1.54) is 24.0 Å². The summed E-state index contributed by atoms with van der Waals surface area (Å²) in [7, 11) is 0. The summed E-state index contributed by atoms with van der Waals surface area (Å²) in [4.78, 5) is 14.4. The quantitative estimate of drug-likeness (QED) is 0.887. The molecule has 1 saturated heterocycles. The molecule has 1 atom stereocenters. The number of nitrogens with zero attached hydrogens (tertiary/aromatic N) is 1. The Bertz CT molecular complexity index is 500. The number of aliphatic hydroxyl groups excluding tert-OH is 1. The van der Waals surface area contributed by atoms with Crippen LogP contribution in [0.25, 0.3) is 0 Å². The SMILES string of the molecule is O=C(c1ccc2c(c1)CCCC2)N1CCOC[C@@H]1CO. The van der Waals surface area contributed by atoms with Crippen molar-refractivity contribution in [3.05, 3.63) is 34.9 Å². The second kappa shape index (κ2) is 5.94. The van der Waals surface area contributed by atoms with E-state index in [0.29, 0.717) is 19.8 Å². The predicted octanol–water partition coefficient (Wildman–Crippen LogP) is 1.40. The van der Waals surface area contributed by atoms with Crippen molar-refractivity contribution in [1.29, 1.82) is 0 Å². The number of amides is 1. The maximum Gasteiger partial charge on any atom is 0.254 e. The van der Waals surface area contributed by atoms with Crippen molar-refractivity contribution >= 4 is 5.91 Å². The Balaban J connectivity index is 1.82. The fraction of sp³-hybridized carbons (Fsp3) is 0.562. The van der Waals surface area contributed by atoms with Crippen molar-refractivity contribution in [2.24, 2.45) is 0 Å². The van der Waals surface area contributed by atoms with Crippen LogP contribution in [0.1, 0.15) is 34.3 Å². The molecule has 0 saturated carbocycles. The molecule has 1 N–H and O–H groups in total. The summed E-state index contributed by atoms with van der Waals surface area (Å²) in [5.74, 6) is 0.0146. The van der Waals surface area contributed by atoms with E-state index in [0.717, 1.165) is 18.4 Å². The van der Waals surface area contributed by atoms with Crippen LogP contribution in [-0.4, -0.2) is 48.3 Å². The molecule has 0 spiro atoms. The molecule has 0 unspecified atom stereocenters. The Kier molecular flexibility index (Phi) is 4.03. The molecule has 3 rings (SSSR count). The smallest absolute Gasteiger partial charge is 0.254 e. The third kappa shape index (κ3) is 2.58. The van der Waals surface area contributed by atoms with E-state index in [9.17, 15) is 9.90 Å². The van der Waals surface area contributed by atoms with E-state index in [1.54, 1.807) is 4.90 Å². The zero-order valence-corrected chi connectivity index (χ0v) is 11.7. The molecule has 0 aromatic heterocycles. The second-order valence-electron chi connectivity index (χ2n) is 5.60. The van der Waals surface area contributed by atoms with Crippen molar-refractivity contribution in [2.45, 2.75) is 31.7 Å². The number of carbonyl (C=O) groups excluding carboxylic acids is 1. The fourth-order valence-electron chi connectivity index (χ4n) is 3.11. The minimum absolute atomic E-state index is 0.0146. The first-order chi connectivity index (χ1) is 9.79. The first kappa shape index (κ1) is 13.6. The molecule has 0 radical (unpaired) electrons. The fourth-order valence-corrected chi connectivity index (χ4v) is 3.11. The lowest BCUT2D eigenvalue weighted by Crippen LogP contribution is -2.50. The Labute approximate surface area is 119 Å². The van der Waals surface area contributed by atoms with Gasteiger partial charge >= 0.3 is 0 Å². The van der Waals surface area contributed by atoms with Crippen molar-refractivity contribution in [3.8, 4) is 0 Å². The molecule has 4 nitrogen and oxygen atoms in total. The van der Waals surface area contributed by atoms with E-state index < -0.39 is 0 Å². The van der Waals surface area contributed by atoms with Crippen molar-refractivity contribution < 1.29 is 14.6 Å². The molecule has 1 aromatic carbocycles. The van der Waals surface area contributed by atoms with Gasteiger partial charge in [-0.1, -0.05) is 6.07 Å². The van der Waals surface area contributed by atoms with Crippen molar-refractivity contribution in [3.63, 3.8) is 0 Å². The van der Waals surface area contributed by atoms with Gasteiger partial charge in [-0.15, -0.1) is 0 Å². The number of morpholine rings is 1. The van der Waals surface area contributed by atoms with Crippen LogP contribution in [0.5, 0.6) is 0 Å². The zero-order valence-electron chi connectivity index (χ0n) is 11.7. The highest BCUT2D eigenvalue weighted by atomic mass is 16.5. The Morgan fingerprint density at radius 1 is 1.30 bits per heavy atom. The number of aliphatic hydroxyl groups is 1. The van der Waals surface area contributed by atoms with Gasteiger partial charge in [0.1, 0.15) is 0 Å². The van der Waals surface area contributed by atoms with Crippen molar-refractivity contribution in [1.82, 2.24) is 4.90 Å². The molecule has 2 aliphatic rings. The van der Waals surface area contributed by atoms with Gasteiger partial charge in [-0.2, -0.15) is 0 Å². The summed E-state index contributed by atoms with van der Waals surface area (Å²) in [5, 5.41) is 9.38. The Hall–Kier alpha value is -1.39. The first-order valence-electron chi connectivity index (χ1n) is 7.41. The lowest BCUT2D eigenvalue weighted by atomic mass is 9.90. The van der Waals surface area contributed by atoms with Gasteiger partial charge in [0.05, 0.1) is 25.9 Å². The molecular formula is C16H21NO3. The van der Waals surface area contributed by atoms with E-state index in [-0.39, 0.29) is 18.6 Å². The normalized spacial score (nSPS) is 22.4. The zero-order chi connectivity index (χ0) is 13.9. The number of rotatable bonds is 2. The number of hydrogen-bond acceptors (Lipinski definition) is 3. The summed E-state index contributed by atoms with van der Waals surface area (Å²) in [6.45, 7) is 1.48. The van der Waals surface area contributed by atoms with Crippen LogP contribution in [0.4, 0.5) is 0 Å². The van der Waals surface area contributed by atoms with Crippen LogP contribution in [-0.2, 0) is 17.6 Å². The number of aryl methyl sites for hydroxylation is 2. The van der Waals surface area contributed by atoms with Crippen LogP contribution >= 0.6 is 0 Å². The van der Waals surface area contributed by atoms with Gasteiger partial charge in [0.25, 0.3) is 5.91 Å². The molecule has 1 aliphatic heterocycles. The van der Waals surface area contributed by atoms with E-state index in [1.807, 2.05) is 12.1 Å². The second-order valence-corrected chi connectivity index (χ2v) is 5.60. The summed E-state index contributed by atoms with van der Waals surface area (Å²) in [6, 6.07) is 5.85. The minimum atomic E-state index is -0.215. The number of hydrogen-bond donors (Lipinski definition) is 1. The summed E-state index contributed by atoms with van der Waals surface area (Å²) < 4.78 is 5.33. The van der Waals surface area contributed by atoms with Gasteiger partial charge in [0.15, 0.2) is 0 Å². The van der Waals surface area contributed by atoms with E-state index >= 15 is 0 Å². The summed E-state index contributed by atoms with van der Waals surface area (Å²) >= 11 is 0. The van der Waals surface area contributed by atoms with Crippen LogP contribution in [0.3, 0.4) is 0 Å². The Morgan fingerprint density at radius 2 is 2.10 bits per heavy atom. The summed E-state index contributed by atoms with van der Waals surface area (Å²) in [5.41, 5.74) is 3.44. The lowest BCUT2D eigenvalue weighted by Gasteiger charge is -2.34. The van der Waals surface area contributed by atoms with Crippen LogP contribution in [0.2, 0.25) is 0 Å². The summed E-state index contributed by atoms with van der Waals surface area (Å²) in [6.07, 6.45) is 4.65. The Morgan fingerprint density at radius 3 is 2.90 bits per heavy atom. The number of carbonyl (C=O) groups is 1. The average Bonchev–Trinajstić information content (AvgIpc) is 2.53. The van der Waals surface area contributed by atoms with Crippen LogP contribution in [0.15, 0.2) is 18.2 Å². The van der Waals surface area contributed by atoms with Gasteiger partial charge in [0.2, 0.25) is 0 Å². The highest BCUT2D eigenvalue weighted by Gasteiger charge is 2.27. The standard InChI is InChI=1S/C16H21NO3/c18-10-15-11-20-8-7-17(15)16(19)14-6-5-12-3-1-2-4-13(12)9-14/h5-6,9,15,18H,1-4,7-8,10-11H2/t15-/m0/s1. The van der Waals surface area contributed by atoms with Gasteiger partial charge < -0.3 is 14.7 Å². The van der Waals surface area contributed by atoms with Gasteiger partial charge in [0, 0.05) is 12.1 Å². The molecule has 1 amide bonds. The number of benzene rings is 1. The third-order valence-electron chi connectivity index (χ3n) is 4.29. The monoisotopic (exact) mass is 275 g/mol. The van der Waals surface area contributed by atoms with Crippen LogP contribution < -0.4 is 0 Å². The molecule has 108 valence electrons. The molecule has 1 heterocycles. The van der Waals surface area contributed by atoms with Crippen molar-refractivity contribution in [2.75, 3.05) is 26.4 Å². The molecular weight excluding hydrogens is 254 g/mol. The van der Waals surface area contributed by atoms with Gasteiger partial charge in [-0.25, -0.2) is 0 Å². The highest BCUT2D eigenvalue weighted by Crippen LogP contribution is 2.23. The minimum Gasteiger partial charge on any atom is -0.394 e. The van der Waals surface area contributed by atoms with E-state index in [2.05, 4.69) is 6.07 Å². The lowest BCUT2D eigenvalue weighted by molar-refractivity contribution is -0.0184.